The molecule has 0 fully saturated rings. The fourth-order valence-electron chi connectivity index (χ4n) is 4.26. The van der Waals surface area contributed by atoms with Crippen LogP contribution in [0.3, 0.4) is 0 Å². The van der Waals surface area contributed by atoms with Crippen molar-refractivity contribution in [3.63, 3.8) is 0 Å². The number of carbonyl (C=O) groups excluding carboxylic acids is 5. The Balaban J connectivity index is 1.32. The zero-order chi connectivity index (χ0) is 37.6. The van der Waals surface area contributed by atoms with Crippen LogP contribution >= 0.6 is 0 Å². The van der Waals surface area contributed by atoms with Crippen LogP contribution < -0.4 is 14.2 Å². The van der Waals surface area contributed by atoms with Crippen molar-refractivity contribution in [2.75, 3.05) is 33.0 Å². The van der Waals surface area contributed by atoms with Crippen molar-refractivity contribution < 1.29 is 57.1 Å². The van der Waals surface area contributed by atoms with E-state index in [2.05, 4.69) is 13.2 Å². The Kier molecular flexibility index (Phi) is 17.4. The highest BCUT2D eigenvalue weighted by Gasteiger charge is 2.14. The lowest BCUT2D eigenvalue weighted by atomic mass is 10.0. The SMILES string of the molecule is C=CC(=O)OCCCCOC(=O)Oc1ccc(-c2ccc(/C=C/C(=O)Oc3ccc(OCCCCOC(=O)C(=C)CC(=O)OCC)cc3)cc2)cc1. The number of rotatable bonds is 21. The summed E-state index contributed by atoms with van der Waals surface area (Å²) < 4.78 is 36.1. The van der Waals surface area contributed by atoms with Gasteiger partial charge in [0.05, 0.1) is 39.5 Å². The van der Waals surface area contributed by atoms with E-state index in [1.165, 1.54) is 6.08 Å². The zero-order valence-electron chi connectivity index (χ0n) is 29.0. The molecule has 0 radical (unpaired) electrons. The molecule has 3 aromatic rings. The number of ether oxygens (including phenoxy) is 7. The van der Waals surface area contributed by atoms with E-state index in [0.717, 1.165) is 22.8 Å². The lowest BCUT2D eigenvalue weighted by molar-refractivity contribution is -0.146. The third kappa shape index (κ3) is 15.6. The van der Waals surface area contributed by atoms with Crippen molar-refractivity contribution >= 4 is 36.1 Å². The Hall–Kier alpha value is -6.17. The van der Waals surface area contributed by atoms with Crippen LogP contribution in [-0.2, 0) is 38.1 Å². The Morgan fingerprint density at radius 2 is 1.15 bits per heavy atom. The quantitative estimate of drug-likeness (QED) is 0.0274. The monoisotopic (exact) mass is 714 g/mol. The van der Waals surface area contributed by atoms with E-state index in [-0.39, 0.29) is 38.4 Å². The summed E-state index contributed by atoms with van der Waals surface area (Å²) >= 11 is 0. The molecule has 0 unspecified atom stereocenters. The van der Waals surface area contributed by atoms with Gasteiger partial charge >= 0.3 is 30.0 Å². The summed E-state index contributed by atoms with van der Waals surface area (Å²) in [7, 11) is 0. The average molecular weight is 715 g/mol. The molecule has 12 nitrogen and oxygen atoms in total. The van der Waals surface area contributed by atoms with E-state index in [4.69, 9.17) is 33.2 Å². The average Bonchev–Trinajstić information content (AvgIpc) is 3.14. The maximum atomic E-state index is 12.4. The smallest absolute Gasteiger partial charge is 0.494 e. The largest absolute Gasteiger partial charge is 0.513 e. The Bertz CT molecular complexity index is 1670. The summed E-state index contributed by atoms with van der Waals surface area (Å²) in [6, 6.07) is 21.1. The van der Waals surface area contributed by atoms with E-state index >= 15 is 0 Å². The molecule has 12 heteroatoms. The molecule has 0 bridgehead atoms. The highest BCUT2D eigenvalue weighted by molar-refractivity contribution is 5.93. The van der Waals surface area contributed by atoms with Crippen LogP contribution in [0.2, 0.25) is 0 Å². The van der Waals surface area contributed by atoms with Crippen molar-refractivity contribution in [3.8, 4) is 28.4 Å². The van der Waals surface area contributed by atoms with Crippen LogP contribution in [0.4, 0.5) is 4.79 Å². The molecule has 3 rings (SSSR count). The molecule has 0 N–H and O–H groups in total. The lowest BCUT2D eigenvalue weighted by Gasteiger charge is -2.09. The fourth-order valence-corrected chi connectivity index (χ4v) is 4.26. The highest BCUT2D eigenvalue weighted by Crippen LogP contribution is 2.24. The van der Waals surface area contributed by atoms with Crippen LogP contribution in [0.15, 0.2) is 104 Å². The minimum absolute atomic E-state index is 0.0488. The summed E-state index contributed by atoms with van der Waals surface area (Å²) in [6.07, 6.45) is 5.30. The number of esters is 4. The molecule has 52 heavy (non-hydrogen) atoms. The molecule has 0 aliphatic rings. The molecule has 3 aromatic carbocycles. The van der Waals surface area contributed by atoms with Gasteiger partial charge in [-0.25, -0.2) is 19.2 Å². The minimum Gasteiger partial charge on any atom is -0.494 e. The van der Waals surface area contributed by atoms with Gasteiger partial charge in [-0.1, -0.05) is 49.6 Å². The number of hydrogen-bond donors (Lipinski definition) is 0. The van der Waals surface area contributed by atoms with Crippen LogP contribution in [0.5, 0.6) is 17.2 Å². The van der Waals surface area contributed by atoms with Crippen LogP contribution in [0.1, 0.15) is 44.6 Å². The standard InChI is InChI=1S/C40H42O12/c1-4-36(41)48-25-7-9-27-50-40(45)52-35-17-15-32(16-18-35)31-13-10-30(11-14-31)12-23-37(42)51-34-21-19-33(20-22-34)47-24-6-8-26-49-39(44)29(3)28-38(43)46-5-2/h4,10-23H,1,3,5-9,24-28H2,2H3/b23-12+. The van der Waals surface area contributed by atoms with Crippen molar-refractivity contribution in [3.05, 3.63) is 109 Å². The van der Waals surface area contributed by atoms with Gasteiger partial charge in [-0.2, -0.15) is 0 Å². The van der Waals surface area contributed by atoms with Gasteiger partial charge in [0.15, 0.2) is 0 Å². The fraction of sp³-hybridized carbons (Fsp3) is 0.275. The summed E-state index contributed by atoms with van der Waals surface area (Å²) in [5.74, 6) is -0.901. The molecule has 0 aliphatic carbocycles. The van der Waals surface area contributed by atoms with Crippen LogP contribution in [-0.4, -0.2) is 63.1 Å². The molecular formula is C40H42O12. The lowest BCUT2D eigenvalue weighted by Crippen LogP contribution is -2.13. The zero-order valence-corrected chi connectivity index (χ0v) is 29.0. The molecular weight excluding hydrogens is 672 g/mol. The summed E-state index contributed by atoms with van der Waals surface area (Å²) in [5, 5.41) is 0. The Morgan fingerprint density at radius 3 is 1.79 bits per heavy atom. The Labute approximate surface area is 302 Å². The molecule has 0 atom stereocenters. The first-order valence-corrected chi connectivity index (χ1v) is 16.6. The van der Waals surface area contributed by atoms with Gasteiger partial charge in [-0.15, -0.1) is 0 Å². The van der Waals surface area contributed by atoms with E-state index in [0.29, 0.717) is 49.5 Å². The van der Waals surface area contributed by atoms with Crippen molar-refractivity contribution in [2.24, 2.45) is 0 Å². The van der Waals surface area contributed by atoms with E-state index in [1.54, 1.807) is 49.4 Å². The Morgan fingerprint density at radius 1 is 0.615 bits per heavy atom. The van der Waals surface area contributed by atoms with E-state index in [1.807, 2.05) is 36.4 Å². The summed E-state index contributed by atoms with van der Waals surface area (Å²) in [4.78, 5) is 58.6. The molecule has 0 saturated carbocycles. The van der Waals surface area contributed by atoms with Gasteiger partial charge in [0.25, 0.3) is 0 Å². The number of carbonyl (C=O) groups is 5. The molecule has 0 amide bonds. The van der Waals surface area contributed by atoms with Gasteiger partial charge in [0, 0.05) is 17.7 Å². The third-order valence-corrected chi connectivity index (χ3v) is 6.92. The molecule has 0 aliphatic heterocycles. The van der Waals surface area contributed by atoms with E-state index in [9.17, 15) is 24.0 Å². The topological polar surface area (TPSA) is 150 Å². The predicted molar refractivity (Wildman–Crippen MR) is 191 cm³/mol. The maximum Gasteiger partial charge on any atom is 0.513 e. The molecule has 274 valence electrons. The number of hydrogen-bond acceptors (Lipinski definition) is 12. The van der Waals surface area contributed by atoms with Crippen molar-refractivity contribution in [2.45, 2.75) is 39.0 Å². The molecule has 0 aromatic heterocycles. The first kappa shape index (κ1) is 40.3. The highest BCUT2D eigenvalue weighted by atomic mass is 16.7. The summed E-state index contributed by atoms with van der Waals surface area (Å²) in [6.45, 7) is 9.70. The number of unbranched alkanes of at least 4 members (excludes halogenated alkanes) is 2. The maximum absolute atomic E-state index is 12.4. The first-order valence-electron chi connectivity index (χ1n) is 16.6. The van der Waals surface area contributed by atoms with Gasteiger partial charge in [0.1, 0.15) is 17.2 Å². The molecule has 0 spiro atoms. The molecule has 0 saturated heterocycles. The van der Waals surface area contributed by atoms with Crippen molar-refractivity contribution in [1.29, 1.82) is 0 Å². The van der Waals surface area contributed by atoms with Crippen LogP contribution in [0, 0.1) is 0 Å². The second-order valence-corrected chi connectivity index (χ2v) is 10.9. The van der Waals surface area contributed by atoms with Crippen molar-refractivity contribution in [1.82, 2.24) is 0 Å². The van der Waals surface area contributed by atoms with Gasteiger partial charge in [-0.05, 0) is 91.8 Å². The second kappa shape index (κ2) is 22.5. The van der Waals surface area contributed by atoms with E-state index < -0.39 is 30.0 Å². The predicted octanol–water partition coefficient (Wildman–Crippen LogP) is 7.21. The van der Waals surface area contributed by atoms with Gasteiger partial charge in [-0.3, -0.25) is 4.79 Å². The van der Waals surface area contributed by atoms with Crippen LogP contribution in [0.25, 0.3) is 17.2 Å². The summed E-state index contributed by atoms with van der Waals surface area (Å²) in [5.41, 5.74) is 2.66. The first-order chi connectivity index (χ1) is 25.2. The molecule has 0 heterocycles. The number of benzene rings is 3. The van der Waals surface area contributed by atoms with Gasteiger partial charge < -0.3 is 33.2 Å². The minimum atomic E-state index is -0.822. The van der Waals surface area contributed by atoms with Gasteiger partial charge in [0.2, 0.25) is 0 Å². The third-order valence-electron chi connectivity index (χ3n) is 6.92. The second-order valence-electron chi connectivity index (χ2n) is 10.9. The normalized spacial score (nSPS) is 10.5.